The fourth-order valence-electron chi connectivity index (χ4n) is 4.18. The highest BCUT2D eigenvalue weighted by molar-refractivity contribution is 5.82. The number of rotatable bonds is 4. The van der Waals surface area contributed by atoms with Crippen LogP contribution >= 0.6 is 0 Å². The van der Waals surface area contributed by atoms with Crippen LogP contribution in [0.4, 0.5) is 11.5 Å². The first-order valence-corrected chi connectivity index (χ1v) is 10.5. The molecule has 2 N–H and O–H groups in total. The Bertz CT molecular complexity index is 1040. The van der Waals surface area contributed by atoms with Gasteiger partial charge in [-0.05, 0) is 63.2 Å². The minimum Gasteiger partial charge on any atom is -0.508 e. The van der Waals surface area contributed by atoms with Gasteiger partial charge in [0.2, 0.25) is 5.65 Å². The molecule has 9 nitrogen and oxygen atoms in total. The number of fused-ring (bicyclic) bond motifs is 3. The van der Waals surface area contributed by atoms with E-state index in [9.17, 15) is 5.11 Å². The number of benzene rings is 1. The fraction of sp³-hybridized carbons (Fsp3) is 0.476. The third-order valence-corrected chi connectivity index (χ3v) is 6.06. The summed E-state index contributed by atoms with van der Waals surface area (Å²) in [6, 6.07) is 6.90. The molecule has 0 radical (unpaired) electrons. The van der Waals surface area contributed by atoms with Crippen molar-refractivity contribution in [2.75, 3.05) is 57.1 Å². The molecule has 1 aromatic carbocycles. The summed E-state index contributed by atoms with van der Waals surface area (Å²) in [5.74, 6) is 2.96. The van der Waals surface area contributed by atoms with Crippen LogP contribution < -0.4 is 15.0 Å². The Labute approximate surface area is 175 Å². The first-order valence-electron chi connectivity index (χ1n) is 10.5. The number of hydrogen-bond acceptors (Lipinski definition) is 8. The number of likely N-dealkylation sites (N-methyl/N-ethyl adjacent to an activating group) is 1. The van der Waals surface area contributed by atoms with Crippen molar-refractivity contribution in [2.24, 2.45) is 5.92 Å². The summed E-state index contributed by atoms with van der Waals surface area (Å²) in [7, 11) is 4.23. The summed E-state index contributed by atoms with van der Waals surface area (Å²) in [5, 5.41) is 26.8. The number of likely N-dealkylation sites (tertiary alicyclic amines) is 1. The summed E-state index contributed by atoms with van der Waals surface area (Å²) < 4.78 is 7.77. The summed E-state index contributed by atoms with van der Waals surface area (Å²) in [5.41, 5.74) is 2.37. The molecule has 1 saturated heterocycles. The summed E-state index contributed by atoms with van der Waals surface area (Å²) in [6.45, 7) is 4.54. The number of hydrogen-bond donors (Lipinski definition) is 2. The predicted molar refractivity (Wildman–Crippen MR) is 115 cm³/mol. The lowest BCUT2D eigenvalue weighted by molar-refractivity contribution is 0.226. The van der Waals surface area contributed by atoms with Crippen molar-refractivity contribution in [2.45, 2.75) is 12.8 Å². The topological polar surface area (TPSA) is 91.0 Å². The van der Waals surface area contributed by atoms with Crippen molar-refractivity contribution < 1.29 is 9.84 Å². The lowest BCUT2D eigenvalue weighted by Crippen LogP contribution is -2.34. The quantitative estimate of drug-likeness (QED) is 0.677. The maximum absolute atomic E-state index is 9.61. The van der Waals surface area contributed by atoms with E-state index in [4.69, 9.17) is 9.84 Å². The van der Waals surface area contributed by atoms with Gasteiger partial charge in [0.25, 0.3) is 0 Å². The molecular formula is C21H27N7O2. The number of ether oxygens (including phenoxy) is 1. The second-order valence-corrected chi connectivity index (χ2v) is 8.23. The first kappa shape index (κ1) is 18.9. The van der Waals surface area contributed by atoms with Crippen molar-refractivity contribution in [3.8, 4) is 22.9 Å². The van der Waals surface area contributed by atoms with Crippen molar-refractivity contribution >= 4 is 17.2 Å². The van der Waals surface area contributed by atoms with Crippen LogP contribution in [0, 0.1) is 5.92 Å². The Morgan fingerprint density at radius 3 is 2.63 bits per heavy atom. The highest BCUT2D eigenvalue weighted by Gasteiger charge is 2.27. The Morgan fingerprint density at radius 2 is 1.87 bits per heavy atom. The van der Waals surface area contributed by atoms with E-state index in [1.54, 1.807) is 16.6 Å². The molecule has 2 aromatic heterocycles. The second-order valence-electron chi connectivity index (χ2n) is 8.23. The van der Waals surface area contributed by atoms with Crippen molar-refractivity contribution in [1.29, 1.82) is 0 Å². The Hall–Kier alpha value is -3.07. The zero-order valence-electron chi connectivity index (χ0n) is 17.4. The summed E-state index contributed by atoms with van der Waals surface area (Å²) >= 11 is 0. The van der Waals surface area contributed by atoms with Crippen molar-refractivity contribution in [3.05, 3.63) is 24.3 Å². The molecule has 0 amide bonds. The van der Waals surface area contributed by atoms with Gasteiger partial charge in [0.05, 0.1) is 6.54 Å². The highest BCUT2D eigenvalue weighted by atomic mass is 16.5. The second kappa shape index (κ2) is 7.64. The molecule has 0 bridgehead atoms. The van der Waals surface area contributed by atoms with E-state index in [1.807, 2.05) is 12.1 Å². The number of aromatic nitrogens is 4. The van der Waals surface area contributed by atoms with Crippen LogP contribution in [0.5, 0.6) is 11.5 Å². The van der Waals surface area contributed by atoms with Gasteiger partial charge in [-0.15, -0.1) is 15.3 Å². The van der Waals surface area contributed by atoms with Crippen molar-refractivity contribution in [1.82, 2.24) is 24.7 Å². The Morgan fingerprint density at radius 1 is 1.10 bits per heavy atom. The molecule has 5 rings (SSSR count). The number of phenols is 1. The molecule has 0 unspecified atom stereocenters. The normalized spacial score (nSPS) is 17.7. The standard InChI is InChI=1S/C21H27N7O2/c1-26-9-7-14(8-10-26)13-22-19-17-18(30-12-11-27(17)2)21-24-23-20(28(21)25-19)15-3-5-16(29)6-4-15/h3-6,14,29H,7-13H2,1-2H3,(H,22,25). The molecule has 30 heavy (non-hydrogen) atoms. The van der Waals surface area contributed by atoms with E-state index in [0.717, 1.165) is 43.2 Å². The zero-order valence-corrected chi connectivity index (χ0v) is 17.4. The predicted octanol–water partition coefficient (Wildman–Crippen LogP) is 2.08. The molecule has 4 heterocycles. The lowest BCUT2D eigenvalue weighted by Gasteiger charge is -2.31. The van der Waals surface area contributed by atoms with Crippen LogP contribution in [0.25, 0.3) is 17.0 Å². The van der Waals surface area contributed by atoms with E-state index in [-0.39, 0.29) is 5.75 Å². The van der Waals surface area contributed by atoms with Crippen LogP contribution in [0.2, 0.25) is 0 Å². The van der Waals surface area contributed by atoms with Gasteiger partial charge in [-0.3, -0.25) is 0 Å². The number of nitrogens with zero attached hydrogens (tertiary/aromatic N) is 6. The molecule has 0 atom stereocenters. The van der Waals surface area contributed by atoms with E-state index in [2.05, 4.69) is 39.4 Å². The first-order chi connectivity index (χ1) is 14.6. The largest absolute Gasteiger partial charge is 0.508 e. The van der Waals surface area contributed by atoms with E-state index < -0.39 is 0 Å². The number of nitrogens with one attached hydrogen (secondary N) is 1. The van der Waals surface area contributed by atoms with Gasteiger partial charge < -0.3 is 25.0 Å². The number of aromatic hydroxyl groups is 1. The van der Waals surface area contributed by atoms with Gasteiger partial charge in [-0.1, -0.05) is 0 Å². The van der Waals surface area contributed by atoms with Crippen LogP contribution in [0.1, 0.15) is 12.8 Å². The fourth-order valence-corrected chi connectivity index (χ4v) is 4.18. The molecule has 0 aliphatic carbocycles. The third kappa shape index (κ3) is 3.39. The van der Waals surface area contributed by atoms with E-state index in [1.165, 1.54) is 12.8 Å². The molecule has 158 valence electrons. The SMILES string of the molecule is CN1CCC(CNc2nn3c(-c4ccc(O)cc4)nnc3c3c2N(C)CCO3)CC1. The van der Waals surface area contributed by atoms with Crippen LogP contribution in [-0.4, -0.2) is 76.7 Å². The van der Waals surface area contributed by atoms with Gasteiger partial charge in [-0.2, -0.15) is 4.52 Å². The average molecular weight is 409 g/mol. The maximum atomic E-state index is 9.61. The van der Waals surface area contributed by atoms with Gasteiger partial charge in [0.15, 0.2) is 17.4 Å². The molecule has 0 spiro atoms. The molecule has 1 fully saturated rings. The molecule has 2 aliphatic rings. The minimum atomic E-state index is 0.211. The molecule has 2 aliphatic heterocycles. The maximum Gasteiger partial charge on any atom is 0.222 e. The Balaban J connectivity index is 1.53. The average Bonchev–Trinajstić information content (AvgIpc) is 3.18. The molecule has 9 heteroatoms. The number of anilines is 2. The van der Waals surface area contributed by atoms with Gasteiger partial charge in [0.1, 0.15) is 18.0 Å². The molecular weight excluding hydrogens is 382 g/mol. The van der Waals surface area contributed by atoms with Crippen LogP contribution in [0.15, 0.2) is 24.3 Å². The number of phenolic OH excluding ortho intramolecular Hbond substituents is 1. The monoisotopic (exact) mass is 409 g/mol. The van der Waals surface area contributed by atoms with Gasteiger partial charge >= 0.3 is 0 Å². The minimum absolute atomic E-state index is 0.211. The number of piperidine rings is 1. The van der Waals surface area contributed by atoms with Crippen LogP contribution in [-0.2, 0) is 0 Å². The van der Waals surface area contributed by atoms with Crippen LogP contribution in [0.3, 0.4) is 0 Å². The Kier molecular flexibility index (Phi) is 4.82. The van der Waals surface area contributed by atoms with Gasteiger partial charge in [0, 0.05) is 19.2 Å². The highest BCUT2D eigenvalue weighted by Crippen LogP contribution is 2.40. The molecule has 3 aromatic rings. The summed E-state index contributed by atoms with van der Waals surface area (Å²) in [6.07, 6.45) is 2.37. The smallest absolute Gasteiger partial charge is 0.222 e. The van der Waals surface area contributed by atoms with E-state index >= 15 is 0 Å². The third-order valence-electron chi connectivity index (χ3n) is 6.06. The molecule has 0 saturated carbocycles. The lowest BCUT2D eigenvalue weighted by atomic mass is 9.97. The van der Waals surface area contributed by atoms with E-state index in [0.29, 0.717) is 29.7 Å². The van der Waals surface area contributed by atoms with Crippen molar-refractivity contribution in [3.63, 3.8) is 0 Å². The summed E-state index contributed by atoms with van der Waals surface area (Å²) in [4.78, 5) is 4.54. The zero-order chi connectivity index (χ0) is 20.7. The van der Waals surface area contributed by atoms with Gasteiger partial charge in [-0.25, -0.2) is 0 Å².